The summed E-state index contributed by atoms with van der Waals surface area (Å²) in [7, 11) is 0. The number of carbonyl (C=O) groups is 1. The Balaban J connectivity index is 2.31. The number of benzene rings is 2. The lowest BCUT2D eigenvalue weighted by atomic mass is 9.93. The van der Waals surface area contributed by atoms with Gasteiger partial charge in [0, 0.05) is 22.7 Å². The molecule has 0 aliphatic rings. The topological polar surface area (TPSA) is 38.7 Å². The molecule has 3 nitrogen and oxygen atoms in total. The number of carbonyl (C=O) groups excluding carboxylic acids is 1. The van der Waals surface area contributed by atoms with Gasteiger partial charge in [-0.2, -0.15) is 0 Å². The minimum atomic E-state index is -1.05. The Kier molecular flexibility index (Phi) is 6.48. The fourth-order valence-electron chi connectivity index (χ4n) is 2.32. The molecule has 26 heavy (non-hydrogen) atoms. The number of ether oxygens (including phenoxy) is 1. The molecule has 2 aromatic rings. The van der Waals surface area contributed by atoms with Crippen LogP contribution in [0.3, 0.4) is 0 Å². The maximum absolute atomic E-state index is 12.8. The van der Waals surface area contributed by atoms with Crippen LogP contribution in [0, 0.1) is 0 Å². The molecule has 0 aliphatic carbocycles. The second-order valence-electron chi connectivity index (χ2n) is 7.39. The molecule has 0 saturated heterocycles. The molecule has 0 radical (unpaired) electrons. The first-order valence-corrected chi connectivity index (χ1v) is 9.12. The summed E-state index contributed by atoms with van der Waals surface area (Å²) in [6.45, 7) is 7.31. The van der Waals surface area contributed by atoms with E-state index >= 15 is 0 Å². The molecule has 1 atom stereocenters. The normalized spacial score (nSPS) is 14.2. The molecular formula is C21H23Cl2NO2. The van der Waals surface area contributed by atoms with Gasteiger partial charge >= 0.3 is 5.97 Å². The maximum atomic E-state index is 12.8. The van der Waals surface area contributed by atoms with Gasteiger partial charge in [0.05, 0.1) is 0 Å². The quantitative estimate of drug-likeness (QED) is 0.480. The van der Waals surface area contributed by atoms with Gasteiger partial charge in [0.1, 0.15) is 5.60 Å². The molecule has 0 spiro atoms. The van der Waals surface area contributed by atoms with Crippen LogP contribution in [0.1, 0.15) is 38.8 Å². The van der Waals surface area contributed by atoms with Crippen LogP contribution >= 0.6 is 23.2 Å². The first-order chi connectivity index (χ1) is 12.1. The summed E-state index contributed by atoms with van der Waals surface area (Å²) in [5, 5.41) is 1.30. The number of aliphatic imine (C=N–C) groups is 1. The lowest BCUT2D eigenvalue weighted by molar-refractivity contribution is -0.160. The van der Waals surface area contributed by atoms with Gasteiger partial charge < -0.3 is 4.74 Å². The van der Waals surface area contributed by atoms with Crippen LogP contribution in [-0.4, -0.2) is 23.3 Å². The van der Waals surface area contributed by atoms with E-state index in [0.717, 1.165) is 11.1 Å². The Morgan fingerprint density at radius 3 is 1.96 bits per heavy atom. The number of hydrogen-bond donors (Lipinski definition) is 0. The number of esters is 1. The minimum Gasteiger partial charge on any atom is -0.458 e. The molecule has 0 aromatic heterocycles. The zero-order valence-electron chi connectivity index (χ0n) is 15.4. The molecule has 0 amide bonds. The highest BCUT2D eigenvalue weighted by molar-refractivity contribution is 6.30. The van der Waals surface area contributed by atoms with E-state index in [1.165, 1.54) is 0 Å². The van der Waals surface area contributed by atoms with E-state index in [0.29, 0.717) is 16.5 Å². The predicted molar refractivity (Wildman–Crippen MR) is 108 cm³/mol. The van der Waals surface area contributed by atoms with Crippen molar-refractivity contribution in [2.75, 3.05) is 0 Å². The minimum absolute atomic E-state index is 0.370. The number of rotatable bonds is 5. The second-order valence-corrected chi connectivity index (χ2v) is 8.26. The summed E-state index contributed by atoms with van der Waals surface area (Å²) in [5.74, 6) is -0.370. The third-order valence-electron chi connectivity index (χ3n) is 3.67. The number of hydrogen-bond acceptors (Lipinski definition) is 3. The second kappa shape index (κ2) is 8.24. The Hall–Kier alpha value is -1.84. The summed E-state index contributed by atoms with van der Waals surface area (Å²) in [5.41, 5.74) is 0.172. The summed E-state index contributed by atoms with van der Waals surface area (Å²) in [6.07, 6.45) is 2.08. The van der Waals surface area contributed by atoms with Crippen molar-refractivity contribution >= 4 is 35.4 Å². The SMILES string of the molecule is CC(C)(C)OC(=O)[C@](C)(Cc1ccc(Cl)cc1)N=Cc1ccc(Cl)cc1. The molecule has 0 N–H and O–H groups in total. The van der Waals surface area contributed by atoms with E-state index < -0.39 is 11.1 Å². The van der Waals surface area contributed by atoms with Crippen molar-refractivity contribution in [1.29, 1.82) is 0 Å². The van der Waals surface area contributed by atoms with Crippen molar-refractivity contribution in [3.05, 3.63) is 69.7 Å². The average molecular weight is 392 g/mol. The van der Waals surface area contributed by atoms with E-state index in [1.807, 2.05) is 45.0 Å². The Labute approximate surface area is 165 Å². The van der Waals surface area contributed by atoms with Crippen molar-refractivity contribution in [1.82, 2.24) is 0 Å². The van der Waals surface area contributed by atoms with Gasteiger partial charge in [-0.1, -0.05) is 47.5 Å². The summed E-state index contributed by atoms with van der Waals surface area (Å²) < 4.78 is 5.61. The van der Waals surface area contributed by atoms with Crippen LogP contribution in [0.2, 0.25) is 10.0 Å². The zero-order valence-corrected chi connectivity index (χ0v) is 16.9. The van der Waals surface area contributed by atoms with Crippen LogP contribution in [-0.2, 0) is 16.0 Å². The summed E-state index contributed by atoms with van der Waals surface area (Å²) in [4.78, 5) is 17.4. The molecule has 0 unspecified atom stereocenters. The van der Waals surface area contributed by atoms with Crippen LogP contribution in [0.4, 0.5) is 0 Å². The standard InChI is InChI=1S/C21H23Cl2NO2/c1-20(2,3)26-19(25)21(4,13-15-5-9-17(22)10-6-15)24-14-16-7-11-18(23)12-8-16/h5-12,14H,13H2,1-4H3/t21-/m0/s1. The van der Waals surface area contributed by atoms with Crippen molar-refractivity contribution in [3.63, 3.8) is 0 Å². The molecule has 0 fully saturated rings. The van der Waals surface area contributed by atoms with Gasteiger partial charge in [-0.05, 0) is 63.1 Å². The molecule has 5 heteroatoms. The molecule has 0 heterocycles. The largest absolute Gasteiger partial charge is 0.458 e. The van der Waals surface area contributed by atoms with E-state index in [2.05, 4.69) is 4.99 Å². The van der Waals surface area contributed by atoms with Crippen LogP contribution in [0.15, 0.2) is 53.5 Å². The van der Waals surface area contributed by atoms with Crippen LogP contribution in [0.25, 0.3) is 0 Å². The van der Waals surface area contributed by atoms with Crippen molar-refractivity contribution in [3.8, 4) is 0 Å². The average Bonchev–Trinajstić information content (AvgIpc) is 2.55. The highest BCUT2D eigenvalue weighted by Gasteiger charge is 2.36. The molecular weight excluding hydrogens is 369 g/mol. The molecule has 0 aliphatic heterocycles. The first kappa shape index (κ1) is 20.5. The Bertz CT molecular complexity index is 777. The summed E-state index contributed by atoms with van der Waals surface area (Å²) >= 11 is 11.9. The van der Waals surface area contributed by atoms with Gasteiger partial charge in [0.15, 0.2) is 5.54 Å². The summed E-state index contributed by atoms with van der Waals surface area (Å²) in [6, 6.07) is 14.7. The highest BCUT2D eigenvalue weighted by Crippen LogP contribution is 2.24. The van der Waals surface area contributed by atoms with E-state index in [9.17, 15) is 4.79 Å². The van der Waals surface area contributed by atoms with Gasteiger partial charge in [-0.15, -0.1) is 0 Å². The van der Waals surface area contributed by atoms with Gasteiger partial charge in [0.25, 0.3) is 0 Å². The molecule has 2 rings (SSSR count). The Morgan fingerprint density at radius 2 is 1.46 bits per heavy atom. The fourth-order valence-corrected chi connectivity index (χ4v) is 2.58. The van der Waals surface area contributed by atoms with E-state index in [1.54, 1.807) is 37.4 Å². The fraction of sp³-hybridized carbons (Fsp3) is 0.333. The maximum Gasteiger partial charge on any atom is 0.334 e. The van der Waals surface area contributed by atoms with Crippen LogP contribution in [0.5, 0.6) is 0 Å². The van der Waals surface area contributed by atoms with Gasteiger partial charge in [0.2, 0.25) is 0 Å². The van der Waals surface area contributed by atoms with E-state index in [4.69, 9.17) is 27.9 Å². The highest BCUT2D eigenvalue weighted by atomic mass is 35.5. The van der Waals surface area contributed by atoms with Crippen molar-refractivity contribution in [2.45, 2.75) is 45.3 Å². The van der Waals surface area contributed by atoms with Gasteiger partial charge in [-0.3, -0.25) is 4.99 Å². The molecule has 2 aromatic carbocycles. The Morgan fingerprint density at radius 1 is 0.962 bits per heavy atom. The van der Waals surface area contributed by atoms with Crippen molar-refractivity contribution in [2.24, 2.45) is 4.99 Å². The number of nitrogens with zero attached hydrogens (tertiary/aromatic N) is 1. The number of halogens is 2. The predicted octanol–water partition coefficient (Wildman–Crippen LogP) is 5.76. The third-order valence-corrected chi connectivity index (χ3v) is 4.17. The monoisotopic (exact) mass is 391 g/mol. The van der Waals surface area contributed by atoms with Gasteiger partial charge in [-0.25, -0.2) is 4.79 Å². The molecule has 138 valence electrons. The third kappa shape index (κ3) is 6.15. The smallest absolute Gasteiger partial charge is 0.334 e. The molecule has 0 bridgehead atoms. The zero-order chi connectivity index (χ0) is 19.4. The first-order valence-electron chi connectivity index (χ1n) is 8.36. The lowest BCUT2D eigenvalue weighted by Crippen LogP contribution is -2.41. The lowest BCUT2D eigenvalue weighted by Gasteiger charge is -2.28. The van der Waals surface area contributed by atoms with E-state index in [-0.39, 0.29) is 5.97 Å². The molecule has 0 saturated carbocycles. The van der Waals surface area contributed by atoms with Crippen molar-refractivity contribution < 1.29 is 9.53 Å². The van der Waals surface area contributed by atoms with Crippen LogP contribution < -0.4 is 0 Å².